The first-order valence-corrected chi connectivity index (χ1v) is 6.06. The van der Waals surface area contributed by atoms with Crippen LogP contribution in [0.2, 0.25) is 0 Å². The fourth-order valence-electron chi connectivity index (χ4n) is 2.02. The number of hydrogen-bond acceptors (Lipinski definition) is 3. The summed E-state index contributed by atoms with van der Waals surface area (Å²) in [6.45, 7) is 5.96. The largest absolute Gasteiger partial charge is 0.393 e. The fraction of sp³-hybridized carbons (Fsp3) is 0.909. The van der Waals surface area contributed by atoms with Crippen molar-refractivity contribution in [3.63, 3.8) is 0 Å². The summed E-state index contributed by atoms with van der Waals surface area (Å²) in [5, 5.41) is 0. The molecule has 1 heterocycles. The van der Waals surface area contributed by atoms with Crippen LogP contribution in [0.4, 0.5) is 0 Å². The Morgan fingerprint density at radius 2 is 2.40 bits per heavy atom. The third-order valence-corrected chi connectivity index (χ3v) is 3.30. The van der Waals surface area contributed by atoms with E-state index in [-0.39, 0.29) is 0 Å². The molecule has 0 saturated carbocycles. The standard InChI is InChI=1S/C11H22N2OS/c1-9(11(12)15)6-13(2)7-10-4-3-5-14-8-10/h9-10H,3-8H2,1-2H3,(H2,12,15). The van der Waals surface area contributed by atoms with Crippen molar-refractivity contribution in [2.24, 2.45) is 17.6 Å². The molecule has 0 aliphatic carbocycles. The predicted octanol–water partition coefficient (Wildman–Crippen LogP) is 1.27. The quantitative estimate of drug-likeness (QED) is 0.722. The smallest absolute Gasteiger partial charge is 0.0768 e. The lowest BCUT2D eigenvalue weighted by molar-refractivity contribution is 0.0414. The summed E-state index contributed by atoms with van der Waals surface area (Å²) in [6.07, 6.45) is 2.48. The van der Waals surface area contributed by atoms with Gasteiger partial charge in [-0.05, 0) is 25.8 Å². The highest BCUT2D eigenvalue weighted by molar-refractivity contribution is 7.80. The normalized spacial score (nSPS) is 24.1. The summed E-state index contributed by atoms with van der Waals surface area (Å²) in [6, 6.07) is 0. The maximum atomic E-state index is 5.60. The van der Waals surface area contributed by atoms with E-state index in [0.717, 1.165) is 26.3 Å². The number of thiocarbonyl (C=S) groups is 1. The van der Waals surface area contributed by atoms with Crippen LogP contribution < -0.4 is 5.73 Å². The molecule has 1 fully saturated rings. The van der Waals surface area contributed by atoms with Gasteiger partial charge >= 0.3 is 0 Å². The van der Waals surface area contributed by atoms with Crippen molar-refractivity contribution in [1.29, 1.82) is 0 Å². The minimum atomic E-state index is 0.300. The van der Waals surface area contributed by atoms with Gasteiger partial charge in [-0.1, -0.05) is 19.1 Å². The van der Waals surface area contributed by atoms with Crippen LogP contribution in [0, 0.1) is 11.8 Å². The Bertz CT molecular complexity index is 205. The van der Waals surface area contributed by atoms with Crippen molar-refractivity contribution in [2.75, 3.05) is 33.4 Å². The molecule has 1 rings (SSSR count). The van der Waals surface area contributed by atoms with E-state index in [4.69, 9.17) is 22.7 Å². The molecule has 15 heavy (non-hydrogen) atoms. The van der Waals surface area contributed by atoms with E-state index in [1.807, 2.05) is 0 Å². The van der Waals surface area contributed by atoms with Gasteiger partial charge < -0.3 is 15.4 Å². The van der Waals surface area contributed by atoms with Gasteiger partial charge in [0, 0.05) is 25.6 Å². The first-order chi connectivity index (χ1) is 7.09. The summed E-state index contributed by atoms with van der Waals surface area (Å²) in [5.41, 5.74) is 5.60. The molecule has 0 spiro atoms. The van der Waals surface area contributed by atoms with Crippen LogP contribution in [0.25, 0.3) is 0 Å². The highest BCUT2D eigenvalue weighted by atomic mass is 32.1. The van der Waals surface area contributed by atoms with Gasteiger partial charge in [0.25, 0.3) is 0 Å². The van der Waals surface area contributed by atoms with E-state index < -0.39 is 0 Å². The molecule has 2 N–H and O–H groups in total. The summed E-state index contributed by atoms with van der Waals surface area (Å²) in [5.74, 6) is 0.983. The first-order valence-electron chi connectivity index (χ1n) is 5.65. The molecule has 1 aliphatic rings. The third-order valence-electron chi connectivity index (χ3n) is 2.90. The Labute approximate surface area is 98.0 Å². The topological polar surface area (TPSA) is 38.5 Å². The number of nitrogens with zero attached hydrogens (tertiary/aromatic N) is 1. The predicted molar refractivity (Wildman–Crippen MR) is 67.0 cm³/mol. The van der Waals surface area contributed by atoms with Crippen molar-refractivity contribution in [3.05, 3.63) is 0 Å². The van der Waals surface area contributed by atoms with Crippen molar-refractivity contribution in [1.82, 2.24) is 4.90 Å². The van der Waals surface area contributed by atoms with Gasteiger partial charge in [-0.3, -0.25) is 0 Å². The van der Waals surface area contributed by atoms with Crippen LogP contribution >= 0.6 is 12.2 Å². The van der Waals surface area contributed by atoms with Crippen LogP contribution in [0.5, 0.6) is 0 Å². The molecule has 0 amide bonds. The van der Waals surface area contributed by atoms with Crippen molar-refractivity contribution in [2.45, 2.75) is 19.8 Å². The SMILES string of the molecule is CC(CN(C)CC1CCCOC1)C(N)=S. The van der Waals surface area contributed by atoms with E-state index in [1.54, 1.807) is 0 Å². The highest BCUT2D eigenvalue weighted by Crippen LogP contribution is 2.14. The van der Waals surface area contributed by atoms with E-state index >= 15 is 0 Å². The Kier molecular flexibility index (Phi) is 5.50. The van der Waals surface area contributed by atoms with Gasteiger partial charge in [0.05, 0.1) is 11.6 Å². The van der Waals surface area contributed by atoms with E-state index in [9.17, 15) is 0 Å². The number of nitrogens with two attached hydrogens (primary N) is 1. The van der Waals surface area contributed by atoms with Gasteiger partial charge in [0.15, 0.2) is 0 Å². The third kappa shape index (κ3) is 4.91. The molecule has 2 unspecified atom stereocenters. The summed E-state index contributed by atoms with van der Waals surface area (Å²) < 4.78 is 5.46. The van der Waals surface area contributed by atoms with Gasteiger partial charge in [-0.2, -0.15) is 0 Å². The van der Waals surface area contributed by atoms with Crippen LogP contribution in [0.1, 0.15) is 19.8 Å². The van der Waals surface area contributed by atoms with Gasteiger partial charge in [0.2, 0.25) is 0 Å². The zero-order valence-corrected chi connectivity index (χ0v) is 10.6. The van der Waals surface area contributed by atoms with Gasteiger partial charge in [-0.15, -0.1) is 0 Å². The minimum Gasteiger partial charge on any atom is -0.393 e. The second-order valence-corrected chi connectivity index (χ2v) is 5.08. The minimum absolute atomic E-state index is 0.300. The molecule has 1 aliphatic heterocycles. The van der Waals surface area contributed by atoms with Crippen molar-refractivity contribution >= 4 is 17.2 Å². The average molecular weight is 230 g/mol. The van der Waals surface area contributed by atoms with Crippen LogP contribution in [0.3, 0.4) is 0 Å². The Hall–Kier alpha value is -0.190. The molecular weight excluding hydrogens is 208 g/mol. The molecular formula is C11H22N2OS. The Morgan fingerprint density at radius 3 is 2.93 bits per heavy atom. The maximum Gasteiger partial charge on any atom is 0.0768 e. The van der Waals surface area contributed by atoms with Crippen LogP contribution in [0.15, 0.2) is 0 Å². The number of hydrogen-bond donors (Lipinski definition) is 1. The fourth-order valence-corrected chi connectivity index (χ4v) is 2.10. The zero-order valence-electron chi connectivity index (χ0n) is 9.74. The second-order valence-electron chi connectivity index (χ2n) is 4.61. The molecule has 0 aromatic carbocycles. The maximum absolute atomic E-state index is 5.60. The van der Waals surface area contributed by atoms with E-state index in [2.05, 4.69) is 18.9 Å². The highest BCUT2D eigenvalue weighted by Gasteiger charge is 2.17. The molecule has 2 atom stereocenters. The Balaban J connectivity index is 2.22. The van der Waals surface area contributed by atoms with E-state index in [0.29, 0.717) is 16.8 Å². The molecule has 4 heteroatoms. The summed E-state index contributed by atoms with van der Waals surface area (Å²) in [4.78, 5) is 2.92. The van der Waals surface area contributed by atoms with Crippen molar-refractivity contribution in [3.8, 4) is 0 Å². The molecule has 0 radical (unpaired) electrons. The second kappa shape index (κ2) is 6.40. The van der Waals surface area contributed by atoms with Gasteiger partial charge in [-0.25, -0.2) is 0 Å². The molecule has 88 valence electrons. The molecule has 1 saturated heterocycles. The lowest BCUT2D eigenvalue weighted by atomic mass is 10.0. The summed E-state index contributed by atoms with van der Waals surface area (Å²) >= 11 is 4.97. The molecule has 3 nitrogen and oxygen atoms in total. The molecule has 0 aromatic heterocycles. The monoisotopic (exact) mass is 230 g/mol. The average Bonchev–Trinajstić information content (AvgIpc) is 2.18. The number of rotatable bonds is 5. The van der Waals surface area contributed by atoms with Crippen molar-refractivity contribution < 1.29 is 4.74 Å². The molecule has 0 bridgehead atoms. The van der Waals surface area contributed by atoms with Crippen LogP contribution in [-0.2, 0) is 4.74 Å². The lowest BCUT2D eigenvalue weighted by Gasteiger charge is -2.28. The van der Waals surface area contributed by atoms with E-state index in [1.165, 1.54) is 12.8 Å². The lowest BCUT2D eigenvalue weighted by Crippen LogP contribution is -2.36. The van der Waals surface area contributed by atoms with Crippen LogP contribution in [-0.4, -0.2) is 43.2 Å². The van der Waals surface area contributed by atoms with Gasteiger partial charge in [0.1, 0.15) is 0 Å². The number of ether oxygens (including phenoxy) is 1. The first kappa shape index (κ1) is 12.9. The Morgan fingerprint density at radius 1 is 1.67 bits per heavy atom. The zero-order chi connectivity index (χ0) is 11.3. The molecule has 0 aromatic rings. The summed E-state index contributed by atoms with van der Waals surface area (Å²) in [7, 11) is 2.13.